The highest BCUT2D eigenvalue weighted by Crippen LogP contribution is 2.00. The van der Waals surface area contributed by atoms with E-state index in [1.165, 1.54) is 11.8 Å². The molecule has 0 unspecified atom stereocenters. The lowest BCUT2D eigenvalue weighted by atomic mass is 10.5. The standard InChI is InChI=1S/C9H16N2O2S2/c10-2-6-15-8-9(13)11-3-7-14-5-1-4-12/h12H,1,3-8H2,(H,11,13). The number of carbonyl (C=O) groups is 1. The van der Waals surface area contributed by atoms with Crippen molar-refractivity contribution in [1.29, 1.82) is 5.26 Å². The molecule has 0 rings (SSSR count). The van der Waals surface area contributed by atoms with Crippen molar-refractivity contribution in [1.82, 2.24) is 5.32 Å². The number of aliphatic hydroxyl groups excluding tert-OH is 1. The van der Waals surface area contributed by atoms with Crippen molar-refractivity contribution in [2.24, 2.45) is 0 Å². The maximum absolute atomic E-state index is 11.1. The fourth-order valence-corrected chi connectivity index (χ4v) is 2.04. The van der Waals surface area contributed by atoms with Crippen molar-refractivity contribution < 1.29 is 9.90 Å². The summed E-state index contributed by atoms with van der Waals surface area (Å²) in [6.07, 6.45) is 0.802. The summed E-state index contributed by atoms with van der Waals surface area (Å²) in [6, 6.07) is 1.97. The fraction of sp³-hybridized carbons (Fsp3) is 0.778. The molecule has 0 aliphatic carbocycles. The number of nitriles is 1. The Labute approximate surface area is 98.8 Å². The van der Waals surface area contributed by atoms with E-state index >= 15 is 0 Å². The summed E-state index contributed by atoms with van der Waals surface area (Å²) in [7, 11) is 0. The van der Waals surface area contributed by atoms with E-state index in [1.54, 1.807) is 11.8 Å². The van der Waals surface area contributed by atoms with E-state index in [1.807, 2.05) is 6.07 Å². The number of rotatable bonds is 9. The number of amides is 1. The highest BCUT2D eigenvalue weighted by atomic mass is 32.2. The van der Waals surface area contributed by atoms with E-state index in [4.69, 9.17) is 10.4 Å². The Kier molecular flexibility index (Phi) is 11.4. The number of thioether (sulfide) groups is 2. The zero-order valence-electron chi connectivity index (χ0n) is 8.57. The molecule has 2 N–H and O–H groups in total. The zero-order chi connectivity index (χ0) is 11.4. The molecule has 0 heterocycles. The van der Waals surface area contributed by atoms with E-state index in [-0.39, 0.29) is 12.5 Å². The number of carbonyl (C=O) groups excluding carboxylic acids is 1. The van der Waals surface area contributed by atoms with Crippen molar-refractivity contribution in [3.63, 3.8) is 0 Å². The average Bonchev–Trinajstić information content (AvgIpc) is 2.23. The van der Waals surface area contributed by atoms with Crippen LogP contribution in [0.4, 0.5) is 0 Å². The van der Waals surface area contributed by atoms with Gasteiger partial charge in [0.1, 0.15) is 0 Å². The summed E-state index contributed by atoms with van der Waals surface area (Å²) >= 11 is 3.03. The predicted molar refractivity (Wildman–Crippen MR) is 65.0 cm³/mol. The van der Waals surface area contributed by atoms with E-state index in [0.717, 1.165) is 17.9 Å². The van der Waals surface area contributed by atoms with Crippen LogP contribution in [0.5, 0.6) is 0 Å². The van der Waals surface area contributed by atoms with Crippen LogP contribution >= 0.6 is 23.5 Å². The molecule has 0 aliphatic heterocycles. The largest absolute Gasteiger partial charge is 0.396 e. The number of nitrogens with one attached hydrogen (secondary N) is 1. The first-order valence-electron chi connectivity index (χ1n) is 4.71. The predicted octanol–water partition coefficient (Wildman–Crippen LogP) is 0.475. The molecule has 0 atom stereocenters. The molecule has 4 nitrogen and oxygen atoms in total. The van der Waals surface area contributed by atoms with Gasteiger partial charge < -0.3 is 10.4 Å². The SMILES string of the molecule is N#CCSCC(=O)NCCSCCCO. The Morgan fingerprint density at radius 3 is 2.87 bits per heavy atom. The van der Waals surface area contributed by atoms with Gasteiger partial charge >= 0.3 is 0 Å². The van der Waals surface area contributed by atoms with Crippen molar-refractivity contribution in [3.05, 3.63) is 0 Å². The Balaban J connectivity index is 3.14. The van der Waals surface area contributed by atoms with Crippen LogP contribution in [0.25, 0.3) is 0 Å². The summed E-state index contributed by atoms with van der Waals surface area (Å²) in [5.74, 6) is 2.50. The van der Waals surface area contributed by atoms with Crippen LogP contribution in [0, 0.1) is 11.3 Å². The molecule has 0 radical (unpaired) electrons. The summed E-state index contributed by atoms with van der Waals surface area (Å²) in [5.41, 5.74) is 0. The molecule has 86 valence electrons. The molecule has 15 heavy (non-hydrogen) atoms. The van der Waals surface area contributed by atoms with Gasteiger partial charge in [0.25, 0.3) is 0 Å². The number of hydrogen-bond acceptors (Lipinski definition) is 5. The van der Waals surface area contributed by atoms with Gasteiger partial charge in [0.2, 0.25) is 5.91 Å². The second kappa shape index (κ2) is 11.7. The molecular weight excluding hydrogens is 232 g/mol. The van der Waals surface area contributed by atoms with Crippen molar-refractivity contribution in [3.8, 4) is 6.07 Å². The molecule has 0 aromatic carbocycles. The number of nitrogens with zero attached hydrogens (tertiary/aromatic N) is 1. The Morgan fingerprint density at radius 1 is 1.40 bits per heavy atom. The van der Waals surface area contributed by atoms with Gasteiger partial charge in [-0.05, 0) is 12.2 Å². The van der Waals surface area contributed by atoms with Crippen molar-refractivity contribution >= 4 is 29.4 Å². The Morgan fingerprint density at radius 2 is 2.20 bits per heavy atom. The van der Waals surface area contributed by atoms with E-state index in [9.17, 15) is 4.79 Å². The van der Waals surface area contributed by atoms with E-state index in [0.29, 0.717) is 18.1 Å². The summed E-state index contributed by atoms with van der Waals surface area (Å²) in [6.45, 7) is 0.881. The molecule has 0 aromatic heterocycles. The van der Waals surface area contributed by atoms with Gasteiger partial charge in [-0.2, -0.15) is 17.0 Å². The fourth-order valence-electron chi connectivity index (χ4n) is 0.772. The van der Waals surface area contributed by atoms with Gasteiger partial charge in [0.05, 0.1) is 17.6 Å². The van der Waals surface area contributed by atoms with Crippen molar-refractivity contribution in [2.75, 3.05) is 36.2 Å². The van der Waals surface area contributed by atoms with Gasteiger partial charge in [0, 0.05) is 18.9 Å². The second-order valence-corrected chi connectivity index (χ2v) is 4.90. The summed E-state index contributed by atoms with van der Waals surface area (Å²) in [5, 5.41) is 19.5. The minimum absolute atomic E-state index is 0.0157. The third kappa shape index (κ3) is 11.5. The van der Waals surface area contributed by atoms with Crippen LogP contribution in [0.1, 0.15) is 6.42 Å². The van der Waals surface area contributed by atoms with Gasteiger partial charge in [-0.1, -0.05) is 0 Å². The first-order chi connectivity index (χ1) is 7.31. The quantitative estimate of drug-likeness (QED) is 0.580. The molecule has 0 aromatic rings. The average molecular weight is 248 g/mol. The summed E-state index contributed by atoms with van der Waals surface area (Å²) < 4.78 is 0. The van der Waals surface area contributed by atoms with Gasteiger partial charge in [0.15, 0.2) is 0 Å². The smallest absolute Gasteiger partial charge is 0.230 e. The third-order valence-corrected chi connectivity index (χ3v) is 3.28. The maximum atomic E-state index is 11.1. The van der Waals surface area contributed by atoms with E-state index < -0.39 is 0 Å². The molecule has 1 amide bonds. The highest BCUT2D eigenvalue weighted by molar-refractivity contribution is 8.00. The topological polar surface area (TPSA) is 73.1 Å². The Hall–Kier alpha value is -0.380. The van der Waals surface area contributed by atoms with Crippen LogP contribution in [-0.4, -0.2) is 47.2 Å². The molecule has 0 spiro atoms. The van der Waals surface area contributed by atoms with Crippen LogP contribution in [-0.2, 0) is 4.79 Å². The van der Waals surface area contributed by atoms with Crippen LogP contribution in [0.2, 0.25) is 0 Å². The minimum Gasteiger partial charge on any atom is -0.396 e. The normalized spacial score (nSPS) is 9.60. The van der Waals surface area contributed by atoms with Gasteiger partial charge in [-0.3, -0.25) is 4.79 Å². The van der Waals surface area contributed by atoms with E-state index in [2.05, 4.69) is 5.32 Å². The molecule has 0 aliphatic rings. The molecule has 0 bridgehead atoms. The minimum atomic E-state index is -0.0157. The first kappa shape index (κ1) is 14.6. The molecule has 6 heteroatoms. The molecule has 0 saturated carbocycles. The highest BCUT2D eigenvalue weighted by Gasteiger charge is 1.99. The molecular formula is C9H16N2O2S2. The van der Waals surface area contributed by atoms with Gasteiger partial charge in [-0.25, -0.2) is 0 Å². The monoisotopic (exact) mass is 248 g/mol. The van der Waals surface area contributed by atoms with Gasteiger partial charge in [-0.15, -0.1) is 11.8 Å². The second-order valence-electron chi connectivity index (χ2n) is 2.69. The summed E-state index contributed by atoms with van der Waals surface area (Å²) in [4.78, 5) is 11.1. The first-order valence-corrected chi connectivity index (χ1v) is 7.02. The van der Waals surface area contributed by atoms with Crippen LogP contribution in [0.3, 0.4) is 0 Å². The lowest BCUT2D eigenvalue weighted by Gasteiger charge is -2.03. The molecule has 0 saturated heterocycles. The lowest BCUT2D eigenvalue weighted by molar-refractivity contribution is -0.118. The lowest BCUT2D eigenvalue weighted by Crippen LogP contribution is -2.27. The third-order valence-electron chi connectivity index (χ3n) is 1.42. The zero-order valence-corrected chi connectivity index (χ0v) is 10.2. The molecule has 0 fully saturated rings. The number of aliphatic hydroxyl groups is 1. The van der Waals surface area contributed by atoms with Crippen LogP contribution < -0.4 is 5.32 Å². The Bertz CT molecular complexity index is 207. The maximum Gasteiger partial charge on any atom is 0.230 e. The van der Waals surface area contributed by atoms with Crippen molar-refractivity contribution in [2.45, 2.75) is 6.42 Å². The number of hydrogen-bond donors (Lipinski definition) is 2. The van der Waals surface area contributed by atoms with Crippen LogP contribution in [0.15, 0.2) is 0 Å².